The summed E-state index contributed by atoms with van der Waals surface area (Å²) in [4.78, 5) is 32.9. The second kappa shape index (κ2) is 8.89. The molecule has 1 N–H and O–H groups in total. The van der Waals surface area contributed by atoms with Gasteiger partial charge >= 0.3 is 0 Å². The van der Waals surface area contributed by atoms with E-state index in [4.69, 9.17) is 9.72 Å². The summed E-state index contributed by atoms with van der Waals surface area (Å²) in [5, 5.41) is 3.47. The fourth-order valence-corrected chi connectivity index (χ4v) is 4.00. The van der Waals surface area contributed by atoms with Gasteiger partial charge in [-0.3, -0.25) is 19.1 Å². The number of benzene rings is 2. The SMILES string of the molecule is COc1cccc(CNC(=O)c2ccc3c(=O)n4c(nc3c2)CCN(C(C)C)CC4)c1. The van der Waals surface area contributed by atoms with Crippen LogP contribution in [0.5, 0.6) is 5.75 Å². The summed E-state index contributed by atoms with van der Waals surface area (Å²) >= 11 is 0. The minimum Gasteiger partial charge on any atom is -0.497 e. The maximum absolute atomic E-state index is 13.0. The molecule has 3 aromatic rings. The first-order chi connectivity index (χ1) is 15.0. The molecular formula is C24H28N4O3. The second-order valence-electron chi connectivity index (χ2n) is 8.13. The van der Waals surface area contributed by atoms with Crippen molar-refractivity contribution in [3.63, 3.8) is 0 Å². The molecule has 0 saturated heterocycles. The molecule has 1 amide bonds. The third-order valence-corrected chi connectivity index (χ3v) is 5.85. The average Bonchev–Trinajstić information content (AvgIpc) is 3.00. The lowest BCUT2D eigenvalue weighted by atomic mass is 10.1. The van der Waals surface area contributed by atoms with Gasteiger partial charge in [0, 0.05) is 44.2 Å². The van der Waals surface area contributed by atoms with Gasteiger partial charge in [0.25, 0.3) is 11.5 Å². The zero-order valence-electron chi connectivity index (χ0n) is 18.2. The van der Waals surface area contributed by atoms with Crippen LogP contribution in [0.4, 0.5) is 0 Å². The van der Waals surface area contributed by atoms with Gasteiger partial charge in [-0.05, 0) is 49.7 Å². The predicted octanol–water partition coefficient (Wildman–Crippen LogP) is 2.60. The van der Waals surface area contributed by atoms with Crippen molar-refractivity contribution in [1.29, 1.82) is 0 Å². The molecule has 7 nitrogen and oxygen atoms in total. The Labute approximate surface area is 181 Å². The fourth-order valence-electron chi connectivity index (χ4n) is 4.00. The molecule has 0 saturated carbocycles. The molecule has 1 aromatic heterocycles. The van der Waals surface area contributed by atoms with Crippen molar-refractivity contribution in [2.24, 2.45) is 0 Å². The van der Waals surface area contributed by atoms with Crippen LogP contribution in [0.25, 0.3) is 10.9 Å². The minimum absolute atomic E-state index is 0.0334. The summed E-state index contributed by atoms with van der Waals surface area (Å²) in [5.74, 6) is 1.33. The number of nitrogens with one attached hydrogen (secondary N) is 1. The Bertz CT molecular complexity index is 1170. The number of hydrogen-bond acceptors (Lipinski definition) is 5. The van der Waals surface area contributed by atoms with Crippen molar-refractivity contribution in [3.05, 3.63) is 69.8 Å². The van der Waals surface area contributed by atoms with E-state index >= 15 is 0 Å². The fraction of sp³-hybridized carbons (Fsp3) is 0.375. The number of aromatic nitrogens is 2. The second-order valence-corrected chi connectivity index (χ2v) is 8.13. The molecule has 162 valence electrons. The van der Waals surface area contributed by atoms with Crippen molar-refractivity contribution in [3.8, 4) is 5.75 Å². The van der Waals surface area contributed by atoms with Gasteiger partial charge in [0.15, 0.2) is 0 Å². The summed E-state index contributed by atoms with van der Waals surface area (Å²) in [6, 6.07) is 13.1. The van der Waals surface area contributed by atoms with Gasteiger partial charge in [0.05, 0.1) is 18.0 Å². The van der Waals surface area contributed by atoms with E-state index in [2.05, 4.69) is 24.1 Å². The third kappa shape index (κ3) is 4.46. The van der Waals surface area contributed by atoms with Crippen LogP contribution in [-0.2, 0) is 19.5 Å². The molecular weight excluding hydrogens is 392 g/mol. The van der Waals surface area contributed by atoms with E-state index in [1.54, 1.807) is 29.9 Å². The van der Waals surface area contributed by atoms with Crippen molar-refractivity contribution in [1.82, 2.24) is 19.8 Å². The lowest BCUT2D eigenvalue weighted by molar-refractivity contribution is 0.0951. The number of carbonyl (C=O) groups excluding carboxylic acids is 1. The molecule has 2 aromatic carbocycles. The zero-order valence-corrected chi connectivity index (χ0v) is 18.2. The standard InChI is InChI=1S/C24H28N4O3/c1-16(2)27-10-9-22-26-21-14-18(7-8-20(21)24(30)28(22)12-11-27)23(29)25-15-17-5-4-6-19(13-17)31-3/h4-8,13-14,16H,9-12,15H2,1-3H3,(H,25,29). The highest BCUT2D eigenvalue weighted by atomic mass is 16.5. The maximum atomic E-state index is 13.0. The monoisotopic (exact) mass is 420 g/mol. The molecule has 31 heavy (non-hydrogen) atoms. The van der Waals surface area contributed by atoms with Crippen LogP contribution in [0.15, 0.2) is 47.3 Å². The number of methoxy groups -OCH3 is 1. The van der Waals surface area contributed by atoms with E-state index < -0.39 is 0 Å². The van der Waals surface area contributed by atoms with Crippen molar-refractivity contribution >= 4 is 16.8 Å². The van der Waals surface area contributed by atoms with Gasteiger partial charge in [-0.2, -0.15) is 0 Å². The Hall–Kier alpha value is -3.19. The van der Waals surface area contributed by atoms with Gasteiger partial charge in [-0.25, -0.2) is 4.98 Å². The molecule has 0 atom stereocenters. The normalized spacial score (nSPS) is 14.3. The molecule has 0 aliphatic carbocycles. The lowest BCUT2D eigenvalue weighted by Gasteiger charge is -2.23. The number of fused-ring (bicyclic) bond motifs is 2. The highest BCUT2D eigenvalue weighted by Gasteiger charge is 2.19. The molecule has 4 rings (SSSR count). The summed E-state index contributed by atoms with van der Waals surface area (Å²) < 4.78 is 7.01. The highest BCUT2D eigenvalue weighted by molar-refractivity contribution is 5.97. The number of hydrogen-bond donors (Lipinski definition) is 1. The molecule has 1 aliphatic heterocycles. The Morgan fingerprint density at radius 3 is 2.77 bits per heavy atom. The predicted molar refractivity (Wildman–Crippen MR) is 121 cm³/mol. The number of rotatable bonds is 5. The van der Waals surface area contributed by atoms with Crippen molar-refractivity contribution in [2.45, 2.75) is 39.4 Å². The Morgan fingerprint density at radius 2 is 2.00 bits per heavy atom. The molecule has 0 fully saturated rings. The largest absolute Gasteiger partial charge is 0.497 e. The van der Waals surface area contributed by atoms with Crippen LogP contribution in [0.1, 0.15) is 35.6 Å². The molecule has 7 heteroatoms. The first kappa shape index (κ1) is 21.1. The van der Waals surface area contributed by atoms with E-state index in [0.717, 1.165) is 36.6 Å². The van der Waals surface area contributed by atoms with E-state index in [-0.39, 0.29) is 11.5 Å². The summed E-state index contributed by atoms with van der Waals surface area (Å²) in [6.45, 7) is 7.06. The van der Waals surface area contributed by atoms with Crippen LogP contribution in [0, 0.1) is 0 Å². The molecule has 0 spiro atoms. The smallest absolute Gasteiger partial charge is 0.261 e. The van der Waals surface area contributed by atoms with E-state index in [9.17, 15) is 9.59 Å². The molecule has 0 bridgehead atoms. The van der Waals surface area contributed by atoms with Crippen LogP contribution in [0.3, 0.4) is 0 Å². The first-order valence-corrected chi connectivity index (χ1v) is 10.6. The van der Waals surface area contributed by atoms with Crippen molar-refractivity contribution in [2.75, 3.05) is 20.2 Å². The molecule has 1 aliphatic rings. The van der Waals surface area contributed by atoms with E-state index in [1.807, 2.05) is 24.3 Å². The minimum atomic E-state index is -0.201. The third-order valence-electron chi connectivity index (χ3n) is 5.85. The van der Waals surface area contributed by atoms with Crippen LogP contribution in [-0.4, -0.2) is 46.6 Å². The summed E-state index contributed by atoms with van der Waals surface area (Å²) in [6.07, 6.45) is 0.718. The number of ether oxygens (including phenoxy) is 1. The zero-order chi connectivity index (χ0) is 22.0. The molecule has 0 unspecified atom stereocenters. The van der Waals surface area contributed by atoms with Crippen LogP contribution >= 0.6 is 0 Å². The van der Waals surface area contributed by atoms with Gasteiger partial charge in [0.2, 0.25) is 0 Å². The topological polar surface area (TPSA) is 76.5 Å². The summed E-state index contributed by atoms with van der Waals surface area (Å²) in [7, 11) is 1.61. The van der Waals surface area contributed by atoms with Gasteiger partial charge in [-0.1, -0.05) is 12.1 Å². The lowest BCUT2D eigenvalue weighted by Crippen LogP contribution is -2.34. The quantitative estimate of drug-likeness (QED) is 0.687. The van der Waals surface area contributed by atoms with Gasteiger partial charge in [0.1, 0.15) is 11.6 Å². The first-order valence-electron chi connectivity index (χ1n) is 10.6. The average molecular weight is 421 g/mol. The summed E-state index contributed by atoms with van der Waals surface area (Å²) in [5.41, 5.74) is 1.98. The number of nitrogens with zero attached hydrogens (tertiary/aromatic N) is 3. The van der Waals surface area contributed by atoms with E-state index in [0.29, 0.717) is 35.6 Å². The Balaban J connectivity index is 1.56. The van der Waals surface area contributed by atoms with Crippen LogP contribution in [0.2, 0.25) is 0 Å². The number of carbonyl (C=O) groups is 1. The maximum Gasteiger partial charge on any atom is 0.261 e. The molecule has 0 radical (unpaired) electrons. The number of amides is 1. The Morgan fingerprint density at radius 1 is 1.16 bits per heavy atom. The Kier molecular flexibility index (Phi) is 6.04. The van der Waals surface area contributed by atoms with Gasteiger partial charge < -0.3 is 10.1 Å². The molecule has 2 heterocycles. The highest BCUT2D eigenvalue weighted by Crippen LogP contribution is 2.16. The van der Waals surface area contributed by atoms with E-state index in [1.165, 1.54) is 0 Å². The van der Waals surface area contributed by atoms with Crippen molar-refractivity contribution < 1.29 is 9.53 Å². The van der Waals surface area contributed by atoms with Gasteiger partial charge in [-0.15, -0.1) is 0 Å². The van der Waals surface area contributed by atoms with Crippen LogP contribution < -0.4 is 15.6 Å².